The van der Waals surface area contributed by atoms with E-state index in [0.29, 0.717) is 0 Å². The van der Waals surface area contributed by atoms with Crippen LogP contribution in [0.25, 0.3) is 0 Å². The fourth-order valence-electron chi connectivity index (χ4n) is 2.05. The largest absolute Gasteiger partial charge is 0.481 e. The van der Waals surface area contributed by atoms with Gasteiger partial charge in [-0.25, -0.2) is 0 Å². The third kappa shape index (κ3) is 3.18. The molecule has 4 heteroatoms. The Hall–Kier alpha value is -0.610. The second kappa shape index (κ2) is 4.49. The van der Waals surface area contributed by atoms with Crippen molar-refractivity contribution in [3.8, 4) is 0 Å². The first-order valence-electron chi connectivity index (χ1n) is 5.43. The summed E-state index contributed by atoms with van der Waals surface area (Å²) in [4.78, 5) is 10.6. The Kier molecular flexibility index (Phi) is 3.73. The summed E-state index contributed by atoms with van der Waals surface area (Å²) in [6.45, 7) is 7.65. The van der Waals surface area contributed by atoms with Crippen LogP contribution in [0.15, 0.2) is 0 Å². The van der Waals surface area contributed by atoms with E-state index in [-0.39, 0.29) is 24.5 Å². The minimum Gasteiger partial charge on any atom is -0.481 e. The molecule has 88 valence electrons. The Labute approximate surface area is 90.6 Å². The van der Waals surface area contributed by atoms with Gasteiger partial charge in [-0.3, -0.25) is 4.79 Å². The molecule has 0 radical (unpaired) electrons. The highest BCUT2D eigenvalue weighted by Crippen LogP contribution is 2.34. The van der Waals surface area contributed by atoms with Crippen molar-refractivity contribution >= 4 is 5.97 Å². The lowest BCUT2D eigenvalue weighted by Crippen LogP contribution is -2.30. The highest BCUT2D eigenvalue weighted by molar-refractivity contribution is 5.67. The lowest BCUT2D eigenvalue weighted by atomic mass is 9.95. The molecule has 0 aromatic rings. The van der Waals surface area contributed by atoms with Crippen molar-refractivity contribution in [1.29, 1.82) is 0 Å². The number of carboxylic acids is 1. The Morgan fingerprint density at radius 2 is 2.07 bits per heavy atom. The fourth-order valence-corrected chi connectivity index (χ4v) is 2.05. The summed E-state index contributed by atoms with van der Waals surface area (Å²) in [6.07, 6.45) is 0.869. The van der Waals surface area contributed by atoms with E-state index in [9.17, 15) is 4.79 Å². The molecule has 1 aliphatic heterocycles. The van der Waals surface area contributed by atoms with Crippen molar-refractivity contribution in [2.24, 2.45) is 5.92 Å². The normalized spacial score (nSPS) is 31.5. The zero-order valence-corrected chi connectivity index (χ0v) is 9.82. The van der Waals surface area contributed by atoms with E-state index in [2.05, 4.69) is 0 Å². The van der Waals surface area contributed by atoms with Crippen molar-refractivity contribution in [2.45, 2.75) is 58.5 Å². The Bertz CT molecular complexity index is 237. The van der Waals surface area contributed by atoms with Crippen LogP contribution in [-0.2, 0) is 14.3 Å². The molecular weight excluding hydrogens is 196 g/mol. The van der Waals surface area contributed by atoms with Crippen LogP contribution in [0.4, 0.5) is 0 Å². The third-order valence-corrected chi connectivity index (χ3v) is 2.68. The number of hydrogen-bond acceptors (Lipinski definition) is 3. The van der Waals surface area contributed by atoms with Gasteiger partial charge in [-0.1, -0.05) is 13.8 Å². The van der Waals surface area contributed by atoms with Gasteiger partial charge in [0.15, 0.2) is 5.79 Å². The number of ether oxygens (including phenoxy) is 2. The van der Waals surface area contributed by atoms with Crippen molar-refractivity contribution in [1.82, 2.24) is 0 Å². The Balaban J connectivity index is 2.63. The maximum absolute atomic E-state index is 10.6. The molecule has 3 unspecified atom stereocenters. The van der Waals surface area contributed by atoms with E-state index < -0.39 is 11.8 Å². The molecule has 1 heterocycles. The van der Waals surface area contributed by atoms with E-state index in [1.54, 1.807) is 0 Å². The molecule has 3 atom stereocenters. The molecule has 1 aliphatic rings. The SMILES string of the molecule is CCC1OC(C)(C)OC1C(C)CC(=O)O. The molecule has 15 heavy (non-hydrogen) atoms. The second-order valence-corrected chi connectivity index (χ2v) is 4.62. The molecule has 1 N–H and O–H groups in total. The zero-order chi connectivity index (χ0) is 11.6. The number of rotatable bonds is 4. The molecule has 1 saturated heterocycles. The second-order valence-electron chi connectivity index (χ2n) is 4.62. The van der Waals surface area contributed by atoms with E-state index in [0.717, 1.165) is 6.42 Å². The average Bonchev–Trinajstić information content (AvgIpc) is 2.40. The van der Waals surface area contributed by atoms with Crippen LogP contribution in [-0.4, -0.2) is 29.1 Å². The summed E-state index contributed by atoms with van der Waals surface area (Å²) in [5, 5.41) is 8.74. The number of carbonyl (C=O) groups is 1. The van der Waals surface area contributed by atoms with E-state index in [1.807, 2.05) is 27.7 Å². The number of carboxylic acid groups (broad SMARTS) is 1. The molecule has 0 saturated carbocycles. The molecule has 1 rings (SSSR count). The summed E-state index contributed by atoms with van der Waals surface area (Å²) in [5.74, 6) is -1.39. The average molecular weight is 216 g/mol. The number of aliphatic carboxylic acids is 1. The van der Waals surface area contributed by atoms with Crippen molar-refractivity contribution in [2.75, 3.05) is 0 Å². The van der Waals surface area contributed by atoms with Crippen molar-refractivity contribution in [3.63, 3.8) is 0 Å². The summed E-state index contributed by atoms with van der Waals surface area (Å²) >= 11 is 0. The van der Waals surface area contributed by atoms with E-state index in [4.69, 9.17) is 14.6 Å². The molecule has 0 aliphatic carbocycles. The van der Waals surface area contributed by atoms with Crippen molar-refractivity contribution < 1.29 is 19.4 Å². The maximum atomic E-state index is 10.6. The van der Waals surface area contributed by atoms with Gasteiger partial charge in [0.05, 0.1) is 18.6 Å². The molecule has 0 spiro atoms. The predicted octanol–water partition coefficient (Wildman–Crippen LogP) is 2.03. The van der Waals surface area contributed by atoms with Gasteiger partial charge in [-0.05, 0) is 26.2 Å². The van der Waals surface area contributed by atoms with Crippen LogP contribution < -0.4 is 0 Å². The smallest absolute Gasteiger partial charge is 0.303 e. The first-order valence-corrected chi connectivity index (χ1v) is 5.43. The molecule has 0 aromatic carbocycles. The predicted molar refractivity (Wildman–Crippen MR) is 55.5 cm³/mol. The van der Waals surface area contributed by atoms with Gasteiger partial charge in [0.2, 0.25) is 0 Å². The molecule has 0 bridgehead atoms. The summed E-state index contributed by atoms with van der Waals surface area (Å²) in [5.41, 5.74) is 0. The monoisotopic (exact) mass is 216 g/mol. The standard InChI is InChI=1S/C11H20O4/c1-5-8-10(7(2)6-9(12)13)15-11(3,4)14-8/h7-8,10H,5-6H2,1-4H3,(H,12,13). The minimum absolute atomic E-state index is 0.00866. The van der Waals surface area contributed by atoms with Crippen LogP contribution in [0.1, 0.15) is 40.5 Å². The van der Waals surface area contributed by atoms with Gasteiger partial charge in [0.1, 0.15) is 0 Å². The summed E-state index contributed by atoms with van der Waals surface area (Å²) in [7, 11) is 0. The molecule has 1 fully saturated rings. The van der Waals surface area contributed by atoms with Gasteiger partial charge in [0.25, 0.3) is 0 Å². The summed E-state index contributed by atoms with van der Waals surface area (Å²) < 4.78 is 11.4. The fraction of sp³-hybridized carbons (Fsp3) is 0.909. The van der Waals surface area contributed by atoms with Gasteiger partial charge >= 0.3 is 5.97 Å². The number of hydrogen-bond donors (Lipinski definition) is 1. The summed E-state index contributed by atoms with van der Waals surface area (Å²) in [6, 6.07) is 0. The van der Waals surface area contributed by atoms with Gasteiger partial charge in [-0.15, -0.1) is 0 Å². The van der Waals surface area contributed by atoms with Crippen LogP contribution in [0.2, 0.25) is 0 Å². The van der Waals surface area contributed by atoms with Crippen LogP contribution in [0, 0.1) is 5.92 Å². The van der Waals surface area contributed by atoms with E-state index >= 15 is 0 Å². The lowest BCUT2D eigenvalue weighted by Gasteiger charge is -2.21. The highest BCUT2D eigenvalue weighted by atomic mass is 16.7. The Morgan fingerprint density at radius 3 is 2.53 bits per heavy atom. The molecule has 4 nitrogen and oxygen atoms in total. The first kappa shape index (κ1) is 12.5. The van der Waals surface area contributed by atoms with Gasteiger partial charge in [-0.2, -0.15) is 0 Å². The Morgan fingerprint density at radius 1 is 1.47 bits per heavy atom. The van der Waals surface area contributed by atoms with Crippen molar-refractivity contribution in [3.05, 3.63) is 0 Å². The van der Waals surface area contributed by atoms with E-state index in [1.165, 1.54) is 0 Å². The van der Waals surface area contributed by atoms with Crippen LogP contribution >= 0.6 is 0 Å². The van der Waals surface area contributed by atoms with Gasteiger partial charge in [0, 0.05) is 0 Å². The highest BCUT2D eigenvalue weighted by Gasteiger charge is 2.43. The lowest BCUT2D eigenvalue weighted by molar-refractivity contribution is -0.153. The van der Waals surface area contributed by atoms with Crippen LogP contribution in [0.5, 0.6) is 0 Å². The molecular formula is C11H20O4. The maximum Gasteiger partial charge on any atom is 0.303 e. The van der Waals surface area contributed by atoms with Crippen LogP contribution in [0.3, 0.4) is 0 Å². The molecule has 0 aromatic heterocycles. The molecule has 0 amide bonds. The van der Waals surface area contributed by atoms with Gasteiger partial charge < -0.3 is 14.6 Å². The minimum atomic E-state index is -0.786. The first-order chi connectivity index (χ1) is 6.85. The third-order valence-electron chi connectivity index (χ3n) is 2.68. The topological polar surface area (TPSA) is 55.8 Å². The zero-order valence-electron chi connectivity index (χ0n) is 9.82. The quantitative estimate of drug-likeness (QED) is 0.781.